The number of esters is 2. The molecule has 5 heteroatoms. The quantitative estimate of drug-likeness (QED) is 0.242. The number of rotatable bonds is 14. The van der Waals surface area contributed by atoms with Crippen LogP contribution in [-0.4, -0.2) is 35.9 Å². The predicted octanol–water partition coefficient (Wildman–Crippen LogP) is 5.20. The number of carbonyl (C=O) groups is 2. The topological polar surface area (TPSA) is 72.8 Å². The van der Waals surface area contributed by atoms with Crippen molar-refractivity contribution in [3.05, 3.63) is 11.6 Å². The summed E-state index contributed by atoms with van der Waals surface area (Å²) in [6, 6.07) is 0. The van der Waals surface area contributed by atoms with Crippen molar-refractivity contribution in [2.45, 2.75) is 105 Å². The highest BCUT2D eigenvalue weighted by molar-refractivity contribution is 5.90. The van der Waals surface area contributed by atoms with E-state index < -0.39 is 12.2 Å². The van der Waals surface area contributed by atoms with Crippen LogP contribution in [0.4, 0.5) is 0 Å². The number of ether oxygens (including phenoxy) is 2. The summed E-state index contributed by atoms with van der Waals surface area (Å²) >= 11 is 0. The largest absolute Gasteiger partial charge is 0.456 e. The van der Waals surface area contributed by atoms with Crippen LogP contribution in [0.1, 0.15) is 92.4 Å². The summed E-state index contributed by atoms with van der Waals surface area (Å²) in [6.45, 7) is 10.3. The molecule has 0 aromatic heterocycles. The number of unbranched alkanes of at least 4 members (excludes halogenated alkanes) is 6. The molecule has 2 atom stereocenters. The van der Waals surface area contributed by atoms with Crippen LogP contribution in [-0.2, 0) is 19.1 Å². The maximum atomic E-state index is 12.4. The highest BCUT2D eigenvalue weighted by Gasteiger charge is 2.37. The molecule has 5 nitrogen and oxygen atoms in total. The highest BCUT2D eigenvalue weighted by Crippen LogP contribution is 2.28. The van der Waals surface area contributed by atoms with Crippen LogP contribution in [0.2, 0.25) is 0 Å². The molecule has 29 heavy (non-hydrogen) atoms. The lowest BCUT2D eigenvalue weighted by atomic mass is 9.83. The van der Waals surface area contributed by atoms with Gasteiger partial charge in [0.15, 0.2) is 6.10 Å². The van der Waals surface area contributed by atoms with Gasteiger partial charge in [0, 0.05) is 18.4 Å². The van der Waals surface area contributed by atoms with E-state index in [4.69, 9.17) is 9.47 Å². The van der Waals surface area contributed by atoms with Gasteiger partial charge in [0.25, 0.3) is 0 Å². The molecule has 0 spiro atoms. The van der Waals surface area contributed by atoms with Crippen molar-refractivity contribution in [1.82, 2.24) is 0 Å². The second kappa shape index (κ2) is 13.8. The maximum Gasteiger partial charge on any atom is 0.334 e. The second-order valence-corrected chi connectivity index (χ2v) is 9.00. The van der Waals surface area contributed by atoms with Gasteiger partial charge in [-0.05, 0) is 30.6 Å². The molecule has 0 aromatic carbocycles. The number of allylic oxidation sites excluding steroid dienone is 1. The first kappa shape index (κ1) is 25.7. The van der Waals surface area contributed by atoms with Gasteiger partial charge in [-0.3, -0.25) is 4.79 Å². The molecule has 0 amide bonds. The molecule has 0 bridgehead atoms. The van der Waals surface area contributed by atoms with E-state index in [0.717, 1.165) is 12.8 Å². The number of carbonyl (C=O) groups excluding carboxylic acids is 2. The molecule has 0 unspecified atom stereocenters. The zero-order valence-corrected chi connectivity index (χ0v) is 19.1. The van der Waals surface area contributed by atoms with Crippen LogP contribution in [0.15, 0.2) is 11.6 Å². The number of aliphatic hydroxyl groups is 1. The third kappa shape index (κ3) is 9.33. The van der Waals surface area contributed by atoms with E-state index in [1.54, 1.807) is 0 Å². The summed E-state index contributed by atoms with van der Waals surface area (Å²) in [5.41, 5.74) is 0.639. The average Bonchev–Trinajstić information content (AvgIpc) is 3.03. The lowest BCUT2D eigenvalue weighted by molar-refractivity contribution is -0.165. The summed E-state index contributed by atoms with van der Waals surface area (Å²) in [4.78, 5) is 24.5. The minimum Gasteiger partial charge on any atom is -0.456 e. The maximum absolute atomic E-state index is 12.4. The first-order valence-electron chi connectivity index (χ1n) is 11.5. The Hall–Kier alpha value is -1.36. The van der Waals surface area contributed by atoms with Crippen molar-refractivity contribution in [2.75, 3.05) is 6.61 Å². The second-order valence-electron chi connectivity index (χ2n) is 9.00. The number of cyclic esters (lactones) is 1. The Morgan fingerprint density at radius 3 is 2.34 bits per heavy atom. The van der Waals surface area contributed by atoms with Gasteiger partial charge in [0.2, 0.25) is 0 Å². The molecule has 1 aliphatic heterocycles. The Kier molecular flexibility index (Phi) is 12.2. The molecule has 0 saturated carbocycles. The molecule has 1 saturated heterocycles. The van der Waals surface area contributed by atoms with E-state index in [9.17, 15) is 14.7 Å². The average molecular weight is 411 g/mol. The number of hydrogen-bond donors (Lipinski definition) is 1. The van der Waals surface area contributed by atoms with Gasteiger partial charge in [-0.1, -0.05) is 72.8 Å². The Bertz CT molecular complexity index is 515. The molecule has 1 aliphatic rings. The van der Waals surface area contributed by atoms with Crippen molar-refractivity contribution in [1.29, 1.82) is 0 Å². The van der Waals surface area contributed by atoms with E-state index in [1.165, 1.54) is 32.1 Å². The zero-order chi connectivity index (χ0) is 21.8. The van der Waals surface area contributed by atoms with Crippen LogP contribution < -0.4 is 0 Å². The van der Waals surface area contributed by atoms with Gasteiger partial charge in [-0.2, -0.15) is 0 Å². The van der Waals surface area contributed by atoms with Gasteiger partial charge < -0.3 is 14.6 Å². The van der Waals surface area contributed by atoms with Gasteiger partial charge in [0.1, 0.15) is 6.10 Å². The van der Waals surface area contributed by atoms with Crippen molar-refractivity contribution in [2.24, 2.45) is 17.8 Å². The Labute approximate surface area is 177 Å². The summed E-state index contributed by atoms with van der Waals surface area (Å²) in [5, 5.41) is 9.69. The van der Waals surface area contributed by atoms with Gasteiger partial charge >= 0.3 is 11.9 Å². The Balaban J connectivity index is 2.49. The summed E-state index contributed by atoms with van der Waals surface area (Å²) < 4.78 is 10.9. The van der Waals surface area contributed by atoms with E-state index in [-0.39, 0.29) is 24.5 Å². The lowest BCUT2D eigenvalue weighted by Crippen LogP contribution is -2.35. The monoisotopic (exact) mass is 410 g/mol. The molecule has 168 valence electrons. The molecule has 0 aliphatic carbocycles. The Morgan fingerprint density at radius 2 is 1.76 bits per heavy atom. The minimum absolute atomic E-state index is 0.223. The highest BCUT2D eigenvalue weighted by atomic mass is 16.6. The van der Waals surface area contributed by atoms with Crippen molar-refractivity contribution in [3.63, 3.8) is 0 Å². The smallest absolute Gasteiger partial charge is 0.334 e. The molecule has 0 radical (unpaired) electrons. The first-order valence-corrected chi connectivity index (χ1v) is 11.5. The van der Waals surface area contributed by atoms with Gasteiger partial charge in [0.05, 0.1) is 6.61 Å². The zero-order valence-electron chi connectivity index (χ0n) is 19.1. The third-order valence-electron chi connectivity index (χ3n) is 5.88. The minimum atomic E-state index is -0.800. The van der Waals surface area contributed by atoms with Crippen molar-refractivity contribution in [3.8, 4) is 0 Å². The number of aliphatic hydroxyl groups excluding tert-OH is 1. The van der Waals surface area contributed by atoms with Gasteiger partial charge in [-0.25, -0.2) is 4.79 Å². The molecule has 1 rings (SSSR count). The van der Waals surface area contributed by atoms with Crippen LogP contribution in [0, 0.1) is 17.8 Å². The molecule has 1 N–H and O–H groups in total. The summed E-state index contributed by atoms with van der Waals surface area (Å²) in [7, 11) is 0. The molecular weight excluding hydrogens is 368 g/mol. The molecular formula is C24H42O5. The van der Waals surface area contributed by atoms with Gasteiger partial charge in [-0.15, -0.1) is 0 Å². The fourth-order valence-corrected chi connectivity index (χ4v) is 4.01. The molecule has 1 heterocycles. The van der Waals surface area contributed by atoms with E-state index in [1.807, 2.05) is 6.08 Å². The Morgan fingerprint density at radius 1 is 1.14 bits per heavy atom. The first-order chi connectivity index (χ1) is 13.8. The van der Waals surface area contributed by atoms with Crippen LogP contribution in [0.3, 0.4) is 0 Å². The molecule has 0 aromatic rings. The van der Waals surface area contributed by atoms with Crippen LogP contribution >= 0.6 is 0 Å². The third-order valence-corrected chi connectivity index (χ3v) is 5.88. The summed E-state index contributed by atoms with van der Waals surface area (Å²) in [6.07, 6.45) is 9.39. The SMILES string of the molecule is CCCCCCCC/C=C1\C[C@H]([C@@H](CO)OC(=O)CC(C(C)C)C(C)C)OC1=O. The van der Waals surface area contributed by atoms with Crippen LogP contribution in [0.5, 0.6) is 0 Å². The molecule has 1 fully saturated rings. The summed E-state index contributed by atoms with van der Waals surface area (Å²) in [5.74, 6) is 0.280. The van der Waals surface area contributed by atoms with Crippen molar-refractivity contribution >= 4 is 11.9 Å². The number of hydrogen-bond acceptors (Lipinski definition) is 5. The normalized spacial score (nSPS) is 19.4. The lowest BCUT2D eigenvalue weighted by Gasteiger charge is -2.26. The van der Waals surface area contributed by atoms with Crippen molar-refractivity contribution < 1.29 is 24.2 Å². The fourth-order valence-electron chi connectivity index (χ4n) is 4.01. The van der Waals surface area contributed by atoms with E-state index in [0.29, 0.717) is 30.3 Å². The van der Waals surface area contributed by atoms with Crippen LogP contribution in [0.25, 0.3) is 0 Å². The standard InChI is InChI=1S/C24H42O5/c1-6-7-8-9-10-11-12-13-19-14-21(29-24(19)27)22(16-25)28-23(26)15-20(17(2)3)18(4)5/h13,17-18,20-22,25H,6-12,14-16H2,1-5H3/b19-13+/t21-,22-/m1/s1. The van der Waals surface area contributed by atoms with E-state index >= 15 is 0 Å². The fraction of sp³-hybridized carbons (Fsp3) is 0.833. The van der Waals surface area contributed by atoms with E-state index in [2.05, 4.69) is 34.6 Å². The predicted molar refractivity (Wildman–Crippen MR) is 115 cm³/mol.